The third-order valence-electron chi connectivity index (χ3n) is 5.43. The van der Waals surface area contributed by atoms with Crippen LogP contribution in [0.2, 0.25) is 0 Å². The van der Waals surface area contributed by atoms with E-state index in [1.165, 1.54) is 11.5 Å². The van der Waals surface area contributed by atoms with Crippen LogP contribution in [0.3, 0.4) is 0 Å². The third kappa shape index (κ3) is 3.71. The van der Waals surface area contributed by atoms with Gasteiger partial charge in [-0.3, -0.25) is 4.90 Å². The van der Waals surface area contributed by atoms with Crippen LogP contribution in [-0.2, 0) is 6.54 Å². The van der Waals surface area contributed by atoms with Gasteiger partial charge in [-0.05, 0) is 30.3 Å². The summed E-state index contributed by atoms with van der Waals surface area (Å²) in [6, 6.07) is 19.2. The Morgan fingerprint density at radius 1 is 0.897 bits per heavy atom. The number of anilines is 1. The van der Waals surface area contributed by atoms with Crippen LogP contribution in [0.15, 0.2) is 66.9 Å². The van der Waals surface area contributed by atoms with Crippen LogP contribution in [-0.4, -0.2) is 46.0 Å². The van der Waals surface area contributed by atoms with E-state index in [0.29, 0.717) is 11.4 Å². The summed E-state index contributed by atoms with van der Waals surface area (Å²) in [6.45, 7) is 4.53. The van der Waals surface area contributed by atoms with Crippen LogP contribution in [0.5, 0.6) is 0 Å². The number of hydrogen-bond acceptors (Lipinski definition) is 4. The van der Waals surface area contributed by atoms with E-state index >= 15 is 0 Å². The Hall–Kier alpha value is -3.25. The number of nitrogens with zero attached hydrogens (tertiary/aromatic N) is 4. The summed E-state index contributed by atoms with van der Waals surface area (Å²) in [5.41, 5.74) is 2.54. The molecule has 1 saturated heterocycles. The van der Waals surface area contributed by atoms with Crippen molar-refractivity contribution in [3.05, 3.63) is 78.4 Å². The average Bonchev–Trinajstić information content (AvgIpc) is 3.22. The number of halogens is 1. The first-order chi connectivity index (χ1) is 14.3. The first-order valence-corrected chi connectivity index (χ1v) is 9.88. The molecule has 0 radical (unpaired) electrons. The number of benzene rings is 2. The highest BCUT2D eigenvalue weighted by Gasteiger charge is 2.19. The molecule has 0 atom stereocenters. The van der Waals surface area contributed by atoms with E-state index in [1.807, 2.05) is 18.2 Å². The molecule has 0 amide bonds. The molecular formula is C23H22FN5. The van der Waals surface area contributed by atoms with Crippen molar-refractivity contribution in [2.24, 2.45) is 0 Å². The Bertz CT molecular complexity index is 1130. The maximum atomic E-state index is 14.0. The first kappa shape index (κ1) is 17.8. The van der Waals surface area contributed by atoms with Gasteiger partial charge >= 0.3 is 0 Å². The number of pyridine rings is 1. The normalized spacial score (nSPS) is 15.1. The highest BCUT2D eigenvalue weighted by molar-refractivity contribution is 5.80. The first-order valence-electron chi connectivity index (χ1n) is 9.88. The zero-order chi connectivity index (χ0) is 19.6. The number of hydrogen-bond donors (Lipinski definition) is 1. The van der Waals surface area contributed by atoms with Gasteiger partial charge in [-0.15, -0.1) is 0 Å². The van der Waals surface area contributed by atoms with Crippen molar-refractivity contribution >= 4 is 16.7 Å². The predicted molar refractivity (Wildman–Crippen MR) is 113 cm³/mol. The molecule has 146 valence electrons. The minimum absolute atomic E-state index is 0.259. The number of H-pyrrole nitrogens is 1. The minimum atomic E-state index is -0.259. The molecule has 1 fully saturated rings. The Kier molecular flexibility index (Phi) is 4.69. The van der Waals surface area contributed by atoms with E-state index in [1.54, 1.807) is 18.3 Å². The summed E-state index contributed by atoms with van der Waals surface area (Å²) in [5.74, 6) is 1.36. The number of aromatic amines is 1. The van der Waals surface area contributed by atoms with E-state index in [0.717, 1.165) is 49.8 Å². The largest absolute Gasteiger partial charge is 0.354 e. The van der Waals surface area contributed by atoms with Crippen molar-refractivity contribution in [3.63, 3.8) is 0 Å². The van der Waals surface area contributed by atoms with Crippen molar-refractivity contribution in [2.75, 3.05) is 31.1 Å². The van der Waals surface area contributed by atoms with Gasteiger partial charge in [-0.1, -0.05) is 30.3 Å². The number of piperazine rings is 1. The predicted octanol–water partition coefficient (Wildman–Crippen LogP) is 4.09. The van der Waals surface area contributed by atoms with Gasteiger partial charge in [0.05, 0.1) is 11.1 Å². The lowest BCUT2D eigenvalue weighted by Crippen LogP contribution is -2.46. The molecule has 2 aromatic carbocycles. The smallest absolute Gasteiger partial charge is 0.140 e. The lowest BCUT2D eigenvalue weighted by Gasteiger charge is -2.35. The van der Waals surface area contributed by atoms with Crippen LogP contribution in [0.25, 0.3) is 22.3 Å². The standard InChI is InChI=1S/C23H22FN5/c24-20-7-3-2-6-19(20)23-25-15-18(26-23)16-28-11-13-29(14-12-28)22-10-9-17-5-1-4-8-21(17)27-22/h1-10,15H,11-14,16H2,(H,25,26). The van der Waals surface area contributed by atoms with Crippen molar-refractivity contribution in [2.45, 2.75) is 6.54 Å². The Labute approximate surface area is 168 Å². The van der Waals surface area contributed by atoms with Crippen LogP contribution in [0.4, 0.5) is 10.2 Å². The molecule has 6 heteroatoms. The maximum absolute atomic E-state index is 14.0. The highest BCUT2D eigenvalue weighted by atomic mass is 19.1. The van der Waals surface area contributed by atoms with Crippen LogP contribution >= 0.6 is 0 Å². The number of para-hydroxylation sites is 1. The van der Waals surface area contributed by atoms with Crippen LogP contribution in [0.1, 0.15) is 5.69 Å². The molecule has 5 nitrogen and oxygen atoms in total. The second-order valence-corrected chi connectivity index (χ2v) is 7.36. The van der Waals surface area contributed by atoms with Crippen molar-refractivity contribution < 1.29 is 4.39 Å². The van der Waals surface area contributed by atoms with Crippen molar-refractivity contribution in [1.82, 2.24) is 19.9 Å². The van der Waals surface area contributed by atoms with Crippen molar-refractivity contribution in [3.8, 4) is 11.4 Å². The summed E-state index contributed by atoms with van der Waals surface area (Å²) in [4.78, 5) is 17.2. The van der Waals surface area contributed by atoms with Crippen molar-refractivity contribution in [1.29, 1.82) is 0 Å². The zero-order valence-corrected chi connectivity index (χ0v) is 16.1. The fraction of sp³-hybridized carbons (Fsp3) is 0.217. The summed E-state index contributed by atoms with van der Waals surface area (Å²) in [6.07, 6.45) is 1.80. The lowest BCUT2D eigenvalue weighted by atomic mass is 10.2. The number of nitrogens with one attached hydrogen (secondary N) is 1. The Morgan fingerprint density at radius 3 is 2.55 bits per heavy atom. The second kappa shape index (κ2) is 7.64. The third-order valence-corrected chi connectivity index (χ3v) is 5.43. The molecule has 0 spiro atoms. The second-order valence-electron chi connectivity index (χ2n) is 7.36. The molecule has 0 bridgehead atoms. The molecule has 1 N–H and O–H groups in total. The molecule has 4 aromatic rings. The van der Waals surface area contributed by atoms with Crippen LogP contribution in [0, 0.1) is 5.82 Å². The summed E-state index contributed by atoms with van der Waals surface area (Å²) in [7, 11) is 0. The molecule has 3 heterocycles. The van der Waals surface area contributed by atoms with Gasteiger partial charge in [0.2, 0.25) is 0 Å². The molecule has 0 aliphatic carbocycles. The molecule has 5 rings (SSSR count). The maximum Gasteiger partial charge on any atom is 0.140 e. The van der Waals surface area contributed by atoms with E-state index in [9.17, 15) is 4.39 Å². The molecule has 2 aromatic heterocycles. The van der Waals surface area contributed by atoms with Gasteiger partial charge < -0.3 is 9.88 Å². The van der Waals surface area contributed by atoms with Gasteiger partial charge in [0.1, 0.15) is 17.5 Å². The number of aromatic nitrogens is 3. The van der Waals surface area contributed by atoms with Gasteiger partial charge in [-0.2, -0.15) is 0 Å². The number of rotatable bonds is 4. The molecule has 1 aliphatic rings. The Morgan fingerprint density at radius 2 is 1.69 bits per heavy atom. The van der Waals surface area contributed by atoms with E-state index in [2.05, 4.69) is 44.0 Å². The fourth-order valence-corrected chi connectivity index (χ4v) is 3.84. The summed E-state index contributed by atoms with van der Waals surface area (Å²) in [5, 5.41) is 1.17. The van der Waals surface area contributed by atoms with E-state index in [4.69, 9.17) is 4.98 Å². The van der Waals surface area contributed by atoms with Gasteiger partial charge in [0.25, 0.3) is 0 Å². The topological polar surface area (TPSA) is 48.1 Å². The lowest BCUT2D eigenvalue weighted by molar-refractivity contribution is 0.247. The quantitative estimate of drug-likeness (QED) is 0.573. The summed E-state index contributed by atoms with van der Waals surface area (Å²) >= 11 is 0. The summed E-state index contributed by atoms with van der Waals surface area (Å²) < 4.78 is 14.0. The number of fused-ring (bicyclic) bond motifs is 1. The molecular weight excluding hydrogens is 365 g/mol. The number of imidazole rings is 1. The monoisotopic (exact) mass is 387 g/mol. The SMILES string of the molecule is Fc1ccccc1-c1ncc(CN2CCN(c3ccc4ccccc4n3)CC2)[nH]1. The van der Waals surface area contributed by atoms with Crippen LogP contribution < -0.4 is 4.90 Å². The molecule has 29 heavy (non-hydrogen) atoms. The molecule has 1 aliphatic heterocycles. The van der Waals surface area contributed by atoms with E-state index < -0.39 is 0 Å². The highest BCUT2D eigenvalue weighted by Crippen LogP contribution is 2.21. The van der Waals surface area contributed by atoms with E-state index in [-0.39, 0.29) is 5.82 Å². The van der Waals surface area contributed by atoms with Gasteiger partial charge in [0.15, 0.2) is 0 Å². The minimum Gasteiger partial charge on any atom is -0.354 e. The molecule has 0 unspecified atom stereocenters. The van der Waals surface area contributed by atoms with Gasteiger partial charge in [0, 0.05) is 50.0 Å². The average molecular weight is 387 g/mol. The molecule has 0 saturated carbocycles. The fourth-order valence-electron chi connectivity index (χ4n) is 3.84. The Balaban J connectivity index is 1.23. The zero-order valence-electron chi connectivity index (χ0n) is 16.1. The van der Waals surface area contributed by atoms with Gasteiger partial charge in [-0.25, -0.2) is 14.4 Å².